The van der Waals surface area contributed by atoms with Crippen LogP contribution in [-0.2, 0) is 14.9 Å². The Hall–Kier alpha value is -2.88. The molecule has 0 heterocycles. The Morgan fingerprint density at radius 2 is 1.72 bits per heavy atom. The molecule has 2 aromatic rings. The summed E-state index contributed by atoms with van der Waals surface area (Å²) >= 11 is 0. The highest BCUT2D eigenvalue weighted by molar-refractivity contribution is 6.02. The number of anilines is 1. The maximum Gasteiger partial charge on any atom is 0.337 e. The average Bonchev–Trinajstić information content (AvgIpc) is 2.59. The lowest BCUT2D eigenvalue weighted by Crippen LogP contribution is -2.10. The van der Waals surface area contributed by atoms with E-state index in [1.54, 1.807) is 30.3 Å². The van der Waals surface area contributed by atoms with E-state index in [-0.39, 0.29) is 11.3 Å². The highest BCUT2D eigenvalue weighted by atomic mass is 16.5. The molecule has 0 fully saturated rings. The zero-order chi connectivity index (χ0) is 18.4. The van der Waals surface area contributed by atoms with Gasteiger partial charge in [-0.15, -0.1) is 0 Å². The van der Waals surface area contributed by atoms with Gasteiger partial charge >= 0.3 is 5.97 Å². The number of rotatable bonds is 4. The third kappa shape index (κ3) is 5.31. The monoisotopic (exact) mass is 337 g/mol. The van der Waals surface area contributed by atoms with Gasteiger partial charge in [0.2, 0.25) is 5.91 Å². The van der Waals surface area contributed by atoms with Gasteiger partial charge in [-0.3, -0.25) is 4.79 Å². The van der Waals surface area contributed by atoms with E-state index >= 15 is 0 Å². The molecule has 0 aromatic heterocycles. The van der Waals surface area contributed by atoms with Gasteiger partial charge in [-0.2, -0.15) is 0 Å². The molecule has 0 atom stereocenters. The molecule has 1 N–H and O–H groups in total. The summed E-state index contributed by atoms with van der Waals surface area (Å²) in [6.07, 6.45) is 3.23. The lowest BCUT2D eigenvalue weighted by molar-refractivity contribution is -0.111. The molecule has 2 aromatic carbocycles. The number of hydrogen-bond acceptors (Lipinski definition) is 3. The predicted molar refractivity (Wildman–Crippen MR) is 101 cm³/mol. The predicted octanol–water partition coefficient (Wildman–Crippen LogP) is 4.42. The average molecular weight is 337 g/mol. The molecule has 0 aliphatic rings. The molecule has 0 aliphatic heterocycles. The molecule has 1 amide bonds. The van der Waals surface area contributed by atoms with Gasteiger partial charge in [0, 0.05) is 11.8 Å². The molecular weight excluding hydrogens is 314 g/mol. The van der Waals surface area contributed by atoms with Crippen molar-refractivity contribution in [3.8, 4) is 0 Å². The maximum atomic E-state index is 12.0. The maximum absolute atomic E-state index is 12.0. The number of hydrogen-bond donors (Lipinski definition) is 1. The minimum atomic E-state index is -0.439. The fourth-order valence-electron chi connectivity index (χ4n) is 2.29. The van der Waals surface area contributed by atoms with E-state index in [9.17, 15) is 9.59 Å². The van der Waals surface area contributed by atoms with Crippen molar-refractivity contribution in [2.75, 3.05) is 12.4 Å². The second-order valence-corrected chi connectivity index (χ2v) is 6.77. The Morgan fingerprint density at radius 1 is 1.04 bits per heavy atom. The standard InChI is InChI=1S/C21H23NO3/c1-21(2,3)17-11-8-15(9-12-17)10-13-19(23)22-18-7-5-6-16(14-18)20(24)25-4/h5-14H,1-4H3,(H,22,23)/b13-10+. The van der Waals surface area contributed by atoms with E-state index in [2.05, 4.69) is 43.0 Å². The first kappa shape index (κ1) is 18.5. The van der Waals surface area contributed by atoms with Crippen molar-refractivity contribution < 1.29 is 14.3 Å². The molecule has 0 spiro atoms. The summed E-state index contributed by atoms with van der Waals surface area (Å²) < 4.78 is 4.67. The number of ether oxygens (including phenoxy) is 1. The molecule has 0 radical (unpaired) electrons. The zero-order valence-corrected chi connectivity index (χ0v) is 15.0. The molecule has 2 rings (SSSR count). The molecule has 0 saturated carbocycles. The van der Waals surface area contributed by atoms with Crippen LogP contribution in [0, 0.1) is 0 Å². The lowest BCUT2D eigenvalue weighted by atomic mass is 9.87. The van der Waals surface area contributed by atoms with Crippen molar-refractivity contribution in [3.05, 3.63) is 71.3 Å². The summed E-state index contributed by atoms with van der Waals surface area (Å²) in [6.45, 7) is 6.48. The Labute approximate surface area is 148 Å². The summed E-state index contributed by atoms with van der Waals surface area (Å²) in [4.78, 5) is 23.6. The van der Waals surface area contributed by atoms with Crippen molar-refractivity contribution in [1.82, 2.24) is 0 Å². The van der Waals surface area contributed by atoms with Crippen LogP contribution in [0.2, 0.25) is 0 Å². The van der Waals surface area contributed by atoms with Crippen LogP contribution in [0.25, 0.3) is 6.08 Å². The molecule has 0 aliphatic carbocycles. The fourth-order valence-corrected chi connectivity index (χ4v) is 2.29. The highest BCUT2D eigenvalue weighted by Gasteiger charge is 2.12. The zero-order valence-electron chi connectivity index (χ0n) is 15.0. The van der Waals surface area contributed by atoms with Crippen LogP contribution in [-0.4, -0.2) is 19.0 Å². The van der Waals surface area contributed by atoms with E-state index in [4.69, 9.17) is 0 Å². The summed E-state index contributed by atoms with van der Waals surface area (Å²) in [7, 11) is 1.32. The molecular formula is C21H23NO3. The van der Waals surface area contributed by atoms with E-state index in [1.165, 1.54) is 18.7 Å². The first-order valence-corrected chi connectivity index (χ1v) is 8.07. The van der Waals surface area contributed by atoms with Gasteiger partial charge in [0.25, 0.3) is 0 Å². The van der Waals surface area contributed by atoms with Crippen LogP contribution in [0.1, 0.15) is 42.3 Å². The number of nitrogens with one attached hydrogen (secondary N) is 1. The first-order chi connectivity index (χ1) is 11.8. The van der Waals surface area contributed by atoms with Gasteiger partial charge in [-0.1, -0.05) is 51.1 Å². The molecule has 130 valence electrons. The van der Waals surface area contributed by atoms with E-state index in [0.717, 1.165) is 5.56 Å². The van der Waals surface area contributed by atoms with Crippen LogP contribution in [0.15, 0.2) is 54.6 Å². The minimum absolute atomic E-state index is 0.101. The second kappa shape index (κ2) is 7.79. The number of amides is 1. The summed E-state index contributed by atoms with van der Waals surface area (Å²) in [5.74, 6) is -0.701. The molecule has 0 saturated heterocycles. The Kier molecular flexibility index (Phi) is 5.75. The van der Waals surface area contributed by atoms with Crippen LogP contribution in [0.4, 0.5) is 5.69 Å². The van der Waals surface area contributed by atoms with Crippen LogP contribution >= 0.6 is 0 Å². The minimum Gasteiger partial charge on any atom is -0.465 e. The smallest absolute Gasteiger partial charge is 0.337 e. The Balaban J connectivity index is 2.02. The fraction of sp³-hybridized carbons (Fsp3) is 0.238. The first-order valence-electron chi connectivity index (χ1n) is 8.07. The van der Waals surface area contributed by atoms with Gasteiger partial charge in [0.15, 0.2) is 0 Å². The van der Waals surface area contributed by atoms with Crippen LogP contribution in [0.3, 0.4) is 0 Å². The Bertz CT molecular complexity index is 784. The van der Waals surface area contributed by atoms with Gasteiger partial charge in [0.05, 0.1) is 12.7 Å². The van der Waals surface area contributed by atoms with Gasteiger partial charge in [0.1, 0.15) is 0 Å². The van der Waals surface area contributed by atoms with Gasteiger partial charge in [-0.25, -0.2) is 4.79 Å². The van der Waals surface area contributed by atoms with E-state index < -0.39 is 5.97 Å². The summed E-state index contributed by atoms with van der Waals surface area (Å²) in [6, 6.07) is 14.7. The van der Waals surface area contributed by atoms with Crippen molar-refractivity contribution in [2.24, 2.45) is 0 Å². The molecule has 4 heteroatoms. The largest absolute Gasteiger partial charge is 0.465 e. The SMILES string of the molecule is COC(=O)c1cccc(NC(=O)/C=C/c2ccc(C(C)(C)C)cc2)c1. The molecule has 0 bridgehead atoms. The highest BCUT2D eigenvalue weighted by Crippen LogP contribution is 2.22. The van der Waals surface area contributed by atoms with E-state index in [0.29, 0.717) is 11.3 Å². The van der Waals surface area contributed by atoms with Crippen LogP contribution in [0.5, 0.6) is 0 Å². The van der Waals surface area contributed by atoms with Crippen molar-refractivity contribution in [1.29, 1.82) is 0 Å². The van der Waals surface area contributed by atoms with Crippen molar-refractivity contribution in [2.45, 2.75) is 26.2 Å². The number of methoxy groups -OCH3 is 1. The number of carbonyl (C=O) groups is 2. The summed E-state index contributed by atoms with van der Waals surface area (Å²) in [5.41, 5.74) is 3.23. The Morgan fingerprint density at radius 3 is 2.32 bits per heavy atom. The van der Waals surface area contributed by atoms with E-state index in [1.807, 2.05) is 12.1 Å². The van der Waals surface area contributed by atoms with Gasteiger partial charge < -0.3 is 10.1 Å². The quantitative estimate of drug-likeness (QED) is 0.663. The second-order valence-electron chi connectivity index (χ2n) is 6.77. The van der Waals surface area contributed by atoms with Crippen molar-refractivity contribution >= 4 is 23.6 Å². The summed E-state index contributed by atoms with van der Waals surface area (Å²) in [5, 5.41) is 2.73. The lowest BCUT2D eigenvalue weighted by Gasteiger charge is -2.18. The molecule has 4 nitrogen and oxygen atoms in total. The normalized spacial score (nSPS) is 11.4. The number of esters is 1. The third-order valence-electron chi connectivity index (χ3n) is 3.76. The van der Waals surface area contributed by atoms with Crippen molar-refractivity contribution in [3.63, 3.8) is 0 Å². The molecule has 0 unspecified atom stereocenters. The number of benzene rings is 2. The third-order valence-corrected chi connectivity index (χ3v) is 3.76. The topological polar surface area (TPSA) is 55.4 Å². The number of carbonyl (C=O) groups excluding carboxylic acids is 2. The molecule has 25 heavy (non-hydrogen) atoms. The van der Waals surface area contributed by atoms with Gasteiger partial charge in [-0.05, 0) is 40.8 Å². The van der Waals surface area contributed by atoms with Crippen LogP contribution < -0.4 is 5.32 Å².